The predicted octanol–water partition coefficient (Wildman–Crippen LogP) is 4.16. The number of thiophene rings is 1. The van der Waals surface area contributed by atoms with Crippen molar-refractivity contribution in [3.8, 4) is 0 Å². The Bertz CT molecular complexity index is 1110. The molecule has 0 spiro atoms. The molecule has 2 aromatic heterocycles. The maximum atomic E-state index is 13.0. The van der Waals surface area contributed by atoms with Crippen LogP contribution in [0.4, 0.5) is 5.82 Å². The lowest BCUT2D eigenvalue weighted by molar-refractivity contribution is 0.384. The number of halogens is 3. The standard InChI is InChI=1S/C16H13Cl3N4O2S2/c17-11-7-13(19)14(8-12(11)18)27(24,25)23-4-2-22(3-5-23)15-10-1-6-26-16(10)21-9-20-15/h1,6-9H,2-5H2. The molecule has 0 N–H and O–H groups in total. The van der Waals surface area contributed by atoms with Crippen LogP contribution in [0.25, 0.3) is 10.2 Å². The normalized spacial score (nSPS) is 16.2. The molecule has 142 valence electrons. The number of benzene rings is 1. The Morgan fingerprint density at radius 1 is 0.963 bits per heavy atom. The van der Waals surface area contributed by atoms with Crippen LogP contribution in [0, 0.1) is 0 Å². The third-order valence-corrected chi connectivity index (χ3v) is 8.28. The van der Waals surface area contributed by atoms with Crippen LogP contribution in [0.2, 0.25) is 15.1 Å². The Balaban J connectivity index is 1.57. The lowest BCUT2D eigenvalue weighted by Crippen LogP contribution is -2.49. The van der Waals surface area contributed by atoms with Gasteiger partial charge in [0.15, 0.2) is 0 Å². The first-order valence-electron chi connectivity index (χ1n) is 7.96. The summed E-state index contributed by atoms with van der Waals surface area (Å²) in [7, 11) is -3.77. The highest BCUT2D eigenvalue weighted by atomic mass is 35.5. The number of hydrogen-bond donors (Lipinski definition) is 0. The SMILES string of the molecule is O=S(=O)(c1cc(Cl)c(Cl)cc1Cl)N1CCN(c2ncnc3sccc23)CC1. The molecule has 0 amide bonds. The molecule has 0 aliphatic carbocycles. The van der Waals surface area contributed by atoms with Gasteiger partial charge in [-0.05, 0) is 23.6 Å². The Morgan fingerprint density at radius 2 is 1.67 bits per heavy atom. The van der Waals surface area contributed by atoms with E-state index in [9.17, 15) is 8.42 Å². The van der Waals surface area contributed by atoms with Crippen molar-refractivity contribution in [3.05, 3.63) is 45.0 Å². The molecule has 11 heteroatoms. The summed E-state index contributed by atoms with van der Waals surface area (Å²) < 4.78 is 27.4. The summed E-state index contributed by atoms with van der Waals surface area (Å²) in [5, 5.41) is 3.37. The fourth-order valence-electron chi connectivity index (χ4n) is 3.01. The van der Waals surface area contributed by atoms with Crippen molar-refractivity contribution in [1.29, 1.82) is 0 Å². The molecule has 1 aromatic carbocycles. The van der Waals surface area contributed by atoms with E-state index >= 15 is 0 Å². The molecule has 1 saturated heterocycles. The third-order valence-electron chi connectivity index (χ3n) is 4.37. The number of nitrogens with zero attached hydrogens (tertiary/aromatic N) is 4. The van der Waals surface area contributed by atoms with E-state index < -0.39 is 10.0 Å². The quantitative estimate of drug-likeness (QED) is 0.546. The van der Waals surface area contributed by atoms with Crippen molar-refractivity contribution in [2.45, 2.75) is 4.90 Å². The number of hydrogen-bond acceptors (Lipinski definition) is 6. The fourth-order valence-corrected chi connectivity index (χ4v) is 6.14. The Morgan fingerprint density at radius 3 is 2.41 bits per heavy atom. The predicted molar refractivity (Wildman–Crippen MR) is 110 cm³/mol. The molecular formula is C16H13Cl3N4O2S2. The van der Waals surface area contributed by atoms with Crippen LogP contribution in [0.15, 0.2) is 34.8 Å². The molecule has 6 nitrogen and oxygen atoms in total. The van der Waals surface area contributed by atoms with Gasteiger partial charge in [0.25, 0.3) is 0 Å². The third kappa shape index (κ3) is 3.50. The van der Waals surface area contributed by atoms with Gasteiger partial charge in [0, 0.05) is 26.2 Å². The summed E-state index contributed by atoms with van der Waals surface area (Å²) in [5.41, 5.74) is 0. The van der Waals surface area contributed by atoms with Gasteiger partial charge in [-0.1, -0.05) is 34.8 Å². The van der Waals surface area contributed by atoms with E-state index in [0.29, 0.717) is 26.2 Å². The van der Waals surface area contributed by atoms with Gasteiger partial charge < -0.3 is 4.90 Å². The van der Waals surface area contributed by atoms with Gasteiger partial charge in [-0.25, -0.2) is 18.4 Å². The van der Waals surface area contributed by atoms with E-state index in [4.69, 9.17) is 34.8 Å². The van der Waals surface area contributed by atoms with Crippen molar-refractivity contribution in [3.63, 3.8) is 0 Å². The van der Waals surface area contributed by atoms with Gasteiger partial charge in [0.2, 0.25) is 10.0 Å². The van der Waals surface area contributed by atoms with Crippen LogP contribution >= 0.6 is 46.1 Å². The topological polar surface area (TPSA) is 66.4 Å². The Hall–Kier alpha value is -1.16. The van der Waals surface area contributed by atoms with Gasteiger partial charge in [-0.3, -0.25) is 0 Å². The number of fused-ring (bicyclic) bond motifs is 1. The second-order valence-electron chi connectivity index (χ2n) is 5.92. The zero-order valence-corrected chi connectivity index (χ0v) is 17.7. The van der Waals surface area contributed by atoms with Crippen molar-refractivity contribution < 1.29 is 8.42 Å². The molecule has 0 atom stereocenters. The number of sulfonamides is 1. The van der Waals surface area contributed by atoms with Crippen LogP contribution in [0.1, 0.15) is 0 Å². The summed E-state index contributed by atoms with van der Waals surface area (Å²) >= 11 is 19.5. The summed E-state index contributed by atoms with van der Waals surface area (Å²) in [6.45, 7) is 1.66. The minimum absolute atomic E-state index is 0.0331. The van der Waals surface area contributed by atoms with E-state index in [1.54, 1.807) is 11.3 Å². The largest absolute Gasteiger partial charge is 0.353 e. The first-order chi connectivity index (χ1) is 12.9. The molecule has 1 aliphatic heterocycles. The number of aromatic nitrogens is 2. The van der Waals surface area contributed by atoms with Gasteiger partial charge in [0.05, 0.1) is 20.5 Å². The minimum atomic E-state index is -3.77. The van der Waals surface area contributed by atoms with Gasteiger partial charge >= 0.3 is 0 Å². The van der Waals surface area contributed by atoms with Crippen LogP contribution in [0.5, 0.6) is 0 Å². The van der Waals surface area contributed by atoms with E-state index in [0.717, 1.165) is 16.0 Å². The maximum absolute atomic E-state index is 13.0. The summed E-state index contributed by atoms with van der Waals surface area (Å²) in [6.07, 6.45) is 1.53. The second-order valence-corrected chi connectivity index (χ2v) is 9.95. The first kappa shape index (κ1) is 19.2. The molecule has 3 aromatic rings. The highest BCUT2D eigenvalue weighted by molar-refractivity contribution is 7.89. The van der Waals surface area contributed by atoms with Gasteiger partial charge in [-0.2, -0.15) is 4.31 Å². The Kier molecular flexibility index (Phi) is 5.22. The maximum Gasteiger partial charge on any atom is 0.244 e. The van der Waals surface area contributed by atoms with E-state index in [2.05, 4.69) is 14.9 Å². The Labute approximate surface area is 175 Å². The molecule has 0 unspecified atom stereocenters. The van der Waals surface area contributed by atoms with Crippen molar-refractivity contribution in [1.82, 2.24) is 14.3 Å². The molecular weight excluding hydrogens is 451 g/mol. The molecule has 4 rings (SSSR count). The van der Waals surface area contributed by atoms with Crippen LogP contribution in [-0.4, -0.2) is 48.9 Å². The zero-order valence-electron chi connectivity index (χ0n) is 13.8. The zero-order chi connectivity index (χ0) is 19.2. The highest BCUT2D eigenvalue weighted by Gasteiger charge is 2.31. The smallest absolute Gasteiger partial charge is 0.244 e. The number of rotatable bonds is 3. The molecule has 0 saturated carbocycles. The van der Waals surface area contributed by atoms with E-state index in [1.807, 2.05) is 11.4 Å². The first-order valence-corrected chi connectivity index (χ1v) is 11.4. The molecule has 0 bridgehead atoms. The summed E-state index contributed by atoms with van der Waals surface area (Å²) in [6, 6.07) is 4.63. The summed E-state index contributed by atoms with van der Waals surface area (Å²) in [4.78, 5) is 11.6. The second kappa shape index (κ2) is 7.35. The van der Waals surface area contributed by atoms with Crippen LogP contribution in [-0.2, 0) is 10.0 Å². The van der Waals surface area contributed by atoms with Crippen LogP contribution in [0.3, 0.4) is 0 Å². The van der Waals surface area contributed by atoms with Crippen LogP contribution < -0.4 is 4.90 Å². The lowest BCUT2D eigenvalue weighted by atomic mass is 10.3. The average Bonchev–Trinajstić information content (AvgIpc) is 3.13. The monoisotopic (exact) mass is 462 g/mol. The summed E-state index contributed by atoms with van der Waals surface area (Å²) in [5.74, 6) is 0.825. The molecule has 1 aliphatic rings. The molecule has 0 radical (unpaired) electrons. The van der Waals surface area contributed by atoms with Crippen molar-refractivity contribution in [2.75, 3.05) is 31.1 Å². The molecule has 27 heavy (non-hydrogen) atoms. The number of anilines is 1. The van der Waals surface area contributed by atoms with Gasteiger partial charge in [0.1, 0.15) is 21.9 Å². The molecule has 3 heterocycles. The van der Waals surface area contributed by atoms with E-state index in [1.165, 1.54) is 22.8 Å². The molecule has 1 fully saturated rings. The highest BCUT2D eigenvalue weighted by Crippen LogP contribution is 2.34. The fraction of sp³-hybridized carbons (Fsp3) is 0.250. The van der Waals surface area contributed by atoms with Gasteiger partial charge in [-0.15, -0.1) is 11.3 Å². The van der Waals surface area contributed by atoms with Crippen molar-refractivity contribution in [2.24, 2.45) is 0 Å². The van der Waals surface area contributed by atoms with E-state index in [-0.39, 0.29) is 20.0 Å². The number of piperazine rings is 1. The minimum Gasteiger partial charge on any atom is -0.353 e. The van der Waals surface area contributed by atoms with Crippen molar-refractivity contribution >= 4 is 72.2 Å². The lowest BCUT2D eigenvalue weighted by Gasteiger charge is -2.35. The average molecular weight is 464 g/mol.